The molecule has 0 spiro atoms. The molecule has 0 heterocycles. The summed E-state index contributed by atoms with van der Waals surface area (Å²) < 4.78 is 5.21. The molecule has 0 saturated carbocycles. The van der Waals surface area contributed by atoms with Crippen LogP contribution in [0.3, 0.4) is 0 Å². The highest BCUT2D eigenvalue weighted by atomic mass is 16.5. The topological polar surface area (TPSA) is 82.0 Å². The normalized spacial score (nSPS) is 13.5. The van der Waals surface area contributed by atoms with Gasteiger partial charge in [-0.1, -0.05) is 18.2 Å². The summed E-state index contributed by atoms with van der Waals surface area (Å²) >= 11 is 0. The number of hydrogen-bond acceptors (Lipinski definition) is 5. The second kappa shape index (κ2) is 7.85. The molecule has 124 valence electrons. The molecule has 2 atom stereocenters. The first-order valence-corrected chi connectivity index (χ1v) is 7.56. The number of ether oxygens (including phenoxy) is 1. The number of aliphatic hydroxyl groups is 1. The molecule has 0 aliphatic rings. The molecule has 0 radical (unpaired) electrons. The lowest BCUT2D eigenvalue weighted by Crippen LogP contribution is -2.32. The highest BCUT2D eigenvalue weighted by Gasteiger charge is 2.12. The molecule has 0 bridgehead atoms. The minimum atomic E-state index is -0.755. The van der Waals surface area contributed by atoms with Gasteiger partial charge in [-0.05, 0) is 48.7 Å². The van der Waals surface area contributed by atoms with Crippen molar-refractivity contribution in [1.29, 1.82) is 0 Å². The Morgan fingerprint density at radius 1 is 1.09 bits per heavy atom. The Balaban J connectivity index is 1.87. The number of methoxy groups -OCH3 is 1. The second-order valence-corrected chi connectivity index (χ2v) is 5.63. The molecule has 2 aromatic carbocycles. The van der Waals surface area contributed by atoms with Crippen molar-refractivity contribution in [2.24, 2.45) is 0 Å². The van der Waals surface area contributed by atoms with Crippen molar-refractivity contribution < 1.29 is 20.1 Å². The third-order valence-electron chi connectivity index (χ3n) is 3.72. The quantitative estimate of drug-likeness (QED) is 0.589. The molecule has 5 heteroatoms. The fourth-order valence-corrected chi connectivity index (χ4v) is 2.40. The first kappa shape index (κ1) is 17.1. The van der Waals surface area contributed by atoms with E-state index in [4.69, 9.17) is 4.74 Å². The fraction of sp³-hybridized carbons (Fsp3) is 0.333. The van der Waals surface area contributed by atoms with Crippen LogP contribution in [0.5, 0.6) is 17.2 Å². The lowest BCUT2D eigenvalue weighted by Gasteiger charge is -2.18. The van der Waals surface area contributed by atoms with E-state index >= 15 is 0 Å². The van der Waals surface area contributed by atoms with Crippen LogP contribution in [0, 0.1) is 0 Å². The number of phenols is 2. The molecule has 4 N–H and O–H groups in total. The zero-order valence-corrected chi connectivity index (χ0v) is 13.4. The zero-order chi connectivity index (χ0) is 16.8. The maximum absolute atomic E-state index is 10.2. The van der Waals surface area contributed by atoms with Crippen LogP contribution >= 0.6 is 0 Å². The molecule has 0 saturated heterocycles. The number of hydrogen-bond donors (Lipinski definition) is 4. The van der Waals surface area contributed by atoms with Gasteiger partial charge in [-0.15, -0.1) is 0 Å². The summed E-state index contributed by atoms with van der Waals surface area (Å²) in [7, 11) is 1.64. The first-order valence-electron chi connectivity index (χ1n) is 7.56. The maximum Gasteiger partial charge on any atom is 0.157 e. The second-order valence-electron chi connectivity index (χ2n) is 5.63. The lowest BCUT2D eigenvalue weighted by molar-refractivity contribution is 0.170. The van der Waals surface area contributed by atoms with E-state index < -0.39 is 6.10 Å². The smallest absolute Gasteiger partial charge is 0.157 e. The summed E-state index contributed by atoms with van der Waals surface area (Å²) in [5.41, 5.74) is 1.71. The Hall–Kier alpha value is -2.24. The maximum atomic E-state index is 10.2. The van der Waals surface area contributed by atoms with E-state index in [1.54, 1.807) is 13.2 Å². The van der Waals surface area contributed by atoms with E-state index in [0.29, 0.717) is 12.1 Å². The van der Waals surface area contributed by atoms with E-state index in [1.807, 2.05) is 31.2 Å². The van der Waals surface area contributed by atoms with Gasteiger partial charge in [-0.2, -0.15) is 0 Å². The van der Waals surface area contributed by atoms with E-state index in [0.717, 1.165) is 17.7 Å². The van der Waals surface area contributed by atoms with Gasteiger partial charge in [0.2, 0.25) is 0 Å². The number of benzene rings is 2. The van der Waals surface area contributed by atoms with Crippen molar-refractivity contribution in [3.8, 4) is 17.2 Å². The van der Waals surface area contributed by atoms with Crippen molar-refractivity contribution in [3.63, 3.8) is 0 Å². The number of aliphatic hydroxyl groups excluding tert-OH is 1. The standard InChI is InChI=1S/C18H23NO4/c1-12(8-13-4-3-5-15(9-13)23-2)19-11-18(22)14-6-7-16(20)17(21)10-14/h3-7,9-10,12,18-22H,8,11H2,1-2H3. The predicted molar refractivity (Wildman–Crippen MR) is 88.9 cm³/mol. The van der Waals surface area contributed by atoms with Gasteiger partial charge in [0.1, 0.15) is 5.75 Å². The van der Waals surface area contributed by atoms with Gasteiger partial charge in [0, 0.05) is 12.6 Å². The summed E-state index contributed by atoms with van der Waals surface area (Å²) in [6, 6.07) is 12.4. The first-order chi connectivity index (χ1) is 11.0. The summed E-state index contributed by atoms with van der Waals surface area (Å²) in [5.74, 6) is 0.403. The molecule has 2 aromatic rings. The van der Waals surface area contributed by atoms with Crippen LogP contribution in [0.4, 0.5) is 0 Å². The highest BCUT2D eigenvalue weighted by molar-refractivity contribution is 5.41. The number of rotatable bonds is 7. The van der Waals surface area contributed by atoms with Crippen LogP contribution in [0.25, 0.3) is 0 Å². The van der Waals surface area contributed by atoms with E-state index in [2.05, 4.69) is 5.32 Å². The molecule has 0 amide bonds. The summed E-state index contributed by atoms with van der Waals surface area (Å²) in [6.07, 6.45) is 0.0550. The molecule has 0 fully saturated rings. The van der Waals surface area contributed by atoms with Crippen molar-refractivity contribution in [2.45, 2.75) is 25.5 Å². The Morgan fingerprint density at radius 2 is 1.87 bits per heavy atom. The van der Waals surface area contributed by atoms with Crippen LogP contribution in [0.2, 0.25) is 0 Å². The van der Waals surface area contributed by atoms with E-state index in [-0.39, 0.29) is 17.5 Å². The third-order valence-corrected chi connectivity index (χ3v) is 3.72. The van der Waals surface area contributed by atoms with Crippen molar-refractivity contribution >= 4 is 0 Å². The Bertz CT molecular complexity index is 645. The molecule has 2 rings (SSSR count). The highest BCUT2D eigenvalue weighted by Crippen LogP contribution is 2.27. The number of nitrogens with one attached hydrogen (secondary N) is 1. The molecule has 23 heavy (non-hydrogen) atoms. The zero-order valence-electron chi connectivity index (χ0n) is 13.4. The van der Waals surface area contributed by atoms with Gasteiger partial charge < -0.3 is 25.4 Å². The third kappa shape index (κ3) is 4.87. The number of phenolic OH excluding ortho intramolecular Hbond substituents is 2. The number of aromatic hydroxyl groups is 2. The largest absolute Gasteiger partial charge is 0.504 e. The van der Waals surface area contributed by atoms with Gasteiger partial charge in [-0.3, -0.25) is 0 Å². The van der Waals surface area contributed by atoms with E-state index in [1.165, 1.54) is 12.1 Å². The van der Waals surface area contributed by atoms with Crippen molar-refractivity contribution in [2.75, 3.05) is 13.7 Å². The Morgan fingerprint density at radius 3 is 2.57 bits per heavy atom. The van der Waals surface area contributed by atoms with Crippen LogP contribution in [-0.2, 0) is 6.42 Å². The minimum Gasteiger partial charge on any atom is -0.504 e. The summed E-state index contributed by atoms with van der Waals surface area (Å²) in [6.45, 7) is 2.40. The van der Waals surface area contributed by atoms with E-state index in [9.17, 15) is 15.3 Å². The monoisotopic (exact) mass is 317 g/mol. The summed E-state index contributed by atoms with van der Waals surface area (Å²) in [4.78, 5) is 0. The molecular formula is C18H23NO4. The van der Waals surface area contributed by atoms with Crippen molar-refractivity contribution in [3.05, 3.63) is 53.6 Å². The molecular weight excluding hydrogens is 294 g/mol. The lowest BCUT2D eigenvalue weighted by atomic mass is 10.1. The Labute approximate surface area is 136 Å². The van der Waals surface area contributed by atoms with Gasteiger partial charge >= 0.3 is 0 Å². The van der Waals surface area contributed by atoms with Gasteiger partial charge in [0.05, 0.1) is 13.2 Å². The van der Waals surface area contributed by atoms with Gasteiger partial charge in [0.25, 0.3) is 0 Å². The average Bonchev–Trinajstić information content (AvgIpc) is 2.55. The Kier molecular flexibility index (Phi) is 5.84. The van der Waals surface area contributed by atoms with Crippen LogP contribution in [0.1, 0.15) is 24.2 Å². The van der Waals surface area contributed by atoms with Gasteiger partial charge in [-0.25, -0.2) is 0 Å². The fourth-order valence-electron chi connectivity index (χ4n) is 2.40. The molecule has 5 nitrogen and oxygen atoms in total. The summed E-state index contributed by atoms with van der Waals surface area (Å²) in [5, 5.41) is 32.2. The molecule has 2 unspecified atom stereocenters. The van der Waals surface area contributed by atoms with Crippen molar-refractivity contribution in [1.82, 2.24) is 5.32 Å². The van der Waals surface area contributed by atoms with Gasteiger partial charge in [0.15, 0.2) is 11.5 Å². The SMILES string of the molecule is COc1cccc(CC(C)NCC(O)c2ccc(O)c(O)c2)c1. The predicted octanol–water partition coefficient (Wildman–Crippen LogP) is 2.36. The van der Waals surface area contributed by atoms with Crippen LogP contribution < -0.4 is 10.1 Å². The minimum absolute atomic E-state index is 0.169. The molecule has 0 aliphatic heterocycles. The average molecular weight is 317 g/mol. The molecule has 0 aromatic heterocycles. The molecule has 0 aliphatic carbocycles. The van der Waals surface area contributed by atoms with Crippen LogP contribution in [0.15, 0.2) is 42.5 Å². The van der Waals surface area contributed by atoms with Crippen LogP contribution in [-0.4, -0.2) is 35.0 Å².